The smallest absolute Gasteiger partial charge is 0.329 e. The van der Waals surface area contributed by atoms with E-state index in [0.29, 0.717) is 13.0 Å². The lowest BCUT2D eigenvalue weighted by Gasteiger charge is -2.45. The van der Waals surface area contributed by atoms with Crippen molar-refractivity contribution in [2.24, 2.45) is 0 Å². The van der Waals surface area contributed by atoms with Crippen LogP contribution in [0.3, 0.4) is 0 Å². The SMILES string of the molecule is CCCC1(C(=O)N2CCCCC2(C)C(=O)O)CCCN1. The normalized spacial score (nSPS) is 34.2. The predicted octanol–water partition coefficient (Wildman–Crippen LogP) is 1.76. The van der Waals surface area contributed by atoms with E-state index in [1.165, 1.54) is 0 Å². The second-order valence-electron chi connectivity index (χ2n) is 6.36. The van der Waals surface area contributed by atoms with Crippen LogP contribution >= 0.6 is 0 Å². The number of amides is 1. The first-order chi connectivity index (χ1) is 9.46. The number of nitrogens with zero attached hydrogens (tertiary/aromatic N) is 1. The average Bonchev–Trinajstić information content (AvgIpc) is 2.88. The van der Waals surface area contributed by atoms with Crippen LogP contribution in [-0.4, -0.2) is 46.1 Å². The van der Waals surface area contributed by atoms with Crippen molar-refractivity contribution in [3.63, 3.8) is 0 Å². The van der Waals surface area contributed by atoms with E-state index in [-0.39, 0.29) is 5.91 Å². The molecule has 5 nitrogen and oxygen atoms in total. The van der Waals surface area contributed by atoms with E-state index in [0.717, 1.165) is 45.1 Å². The van der Waals surface area contributed by atoms with Crippen LogP contribution < -0.4 is 5.32 Å². The summed E-state index contributed by atoms with van der Waals surface area (Å²) in [6.45, 7) is 5.18. The fourth-order valence-corrected chi connectivity index (χ4v) is 3.66. The first-order valence-electron chi connectivity index (χ1n) is 7.77. The van der Waals surface area contributed by atoms with E-state index >= 15 is 0 Å². The first kappa shape index (κ1) is 15.3. The Morgan fingerprint density at radius 1 is 1.25 bits per heavy atom. The van der Waals surface area contributed by atoms with Gasteiger partial charge in [-0.2, -0.15) is 0 Å². The van der Waals surface area contributed by atoms with E-state index in [4.69, 9.17) is 0 Å². The number of carboxylic acid groups (broad SMARTS) is 1. The van der Waals surface area contributed by atoms with Crippen molar-refractivity contribution < 1.29 is 14.7 Å². The second-order valence-corrected chi connectivity index (χ2v) is 6.36. The number of rotatable bonds is 4. The molecule has 2 N–H and O–H groups in total. The Bertz CT molecular complexity index is 391. The standard InChI is InChI=1S/C15H26N2O3/c1-3-7-15(9-6-10-16-15)12(18)17-11-5-4-8-14(17,2)13(19)20/h16H,3-11H2,1-2H3,(H,19,20). The van der Waals surface area contributed by atoms with Gasteiger partial charge >= 0.3 is 5.97 Å². The van der Waals surface area contributed by atoms with Crippen molar-refractivity contribution in [1.29, 1.82) is 0 Å². The maximum atomic E-state index is 13.0. The van der Waals surface area contributed by atoms with Crippen LogP contribution in [-0.2, 0) is 9.59 Å². The Labute approximate surface area is 120 Å². The first-order valence-corrected chi connectivity index (χ1v) is 7.77. The fourth-order valence-electron chi connectivity index (χ4n) is 3.66. The fraction of sp³-hybridized carbons (Fsp3) is 0.867. The van der Waals surface area contributed by atoms with Crippen molar-refractivity contribution in [2.75, 3.05) is 13.1 Å². The van der Waals surface area contributed by atoms with Crippen LogP contribution in [0.5, 0.6) is 0 Å². The van der Waals surface area contributed by atoms with E-state index in [9.17, 15) is 14.7 Å². The van der Waals surface area contributed by atoms with Gasteiger partial charge in [-0.3, -0.25) is 4.79 Å². The number of hydrogen-bond donors (Lipinski definition) is 2. The molecule has 0 bridgehead atoms. The number of carboxylic acids is 1. The highest BCUT2D eigenvalue weighted by molar-refractivity contribution is 5.92. The third-order valence-electron chi connectivity index (χ3n) is 4.93. The quantitative estimate of drug-likeness (QED) is 0.824. The van der Waals surface area contributed by atoms with E-state index < -0.39 is 17.0 Å². The monoisotopic (exact) mass is 282 g/mol. The lowest BCUT2D eigenvalue weighted by Crippen LogP contribution is -2.64. The van der Waals surface area contributed by atoms with Crippen molar-refractivity contribution in [1.82, 2.24) is 10.2 Å². The summed E-state index contributed by atoms with van der Waals surface area (Å²) in [5.74, 6) is -0.878. The highest BCUT2D eigenvalue weighted by Crippen LogP contribution is 2.34. The van der Waals surface area contributed by atoms with Gasteiger partial charge in [0.2, 0.25) is 5.91 Å². The summed E-state index contributed by atoms with van der Waals surface area (Å²) in [4.78, 5) is 26.3. The summed E-state index contributed by atoms with van der Waals surface area (Å²) in [6.07, 6.45) is 5.86. The van der Waals surface area contributed by atoms with Gasteiger partial charge in [-0.1, -0.05) is 13.3 Å². The van der Waals surface area contributed by atoms with Crippen molar-refractivity contribution >= 4 is 11.9 Å². The second kappa shape index (κ2) is 5.72. The number of piperidine rings is 1. The van der Waals surface area contributed by atoms with Crippen LogP contribution in [0.4, 0.5) is 0 Å². The van der Waals surface area contributed by atoms with Gasteiger partial charge in [-0.05, 0) is 52.0 Å². The Balaban J connectivity index is 2.27. The number of hydrogen-bond acceptors (Lipinski definition) is 3. The largest absolute Gasteiger partial charge is 0.480 e. The summed E-state index contributed by atoms with van der Waals surface area (Å²) in [6, 6.07) is 0. The Morgan fingerprint density at radius 3 is 2.55 bits per heavy atom. The van der Waals surface area contributed by atoms with Gasteiger partial charge in [0.25, 0.3) is 0 Å². The topological polar surface area (TPSA) is 69.6 Å². The maximum Gasteiger partial charge on any atom is 0.329 e. The lowest BCUT2D eigenvalue weighted by molar-refractivity contribution is -0.164. The van der Waals surface area contributed by atoms with Crippen LogP contribution in [0.15, 0.2) is 0 Å². The number of aliphatic carboxylic acids is 1. The van der Waals surface area contributed by atoms with Crippen molar-refractivity contribution in [3.05, 3.63) is 0 Å². The maximum absolute atomic E-state index is 13.0. The van der Waals surface area contributed by atoms with Crippen LogP contribution in [0, 0.1) is 0 Å². The minimum Gasteiger partial charge on any atom is -0.480 e. The van der Waals surface area contributed by atoms with E-state index in [1.807, 2.05) is 0 Å². The summed E-state index contributed by atoms with van der Waals surface area (Å²) in [7, 11) is 0. The molecule has 2 atom stereocenters. The summed E-state index contributed by atoms with van der Waals surface area (Å²) >= 11 is 0. The Morgan fingerprint density at radius 2 is 2.00 bits per heavy atom. The summed E-state index contributed by atoms with van der Waals surface area (Å²) < 4.78 is 0. The third kappa shape index (κ3) is 2.43. The number of carbonyl (C=O) groups is 2. The highest BCUT2D eigenvalue weighted by Gasteiger charge is 2.50. The number of carbonyl (C=O) groups excluding carboxylic acids is 1. The van der Waals surface area contributed by atoms with Gasteiger partial charge in [-0.25, -0.2) is 4.79 Å². The summed E-state index contributed by atoms with van der Waals surface area (Å²) in [5.41, 5.74) is -1.57. The molecule has 2 heterocycles. The molecule has 114 valence electrons. The molecule has 2 fully saturated rings. The molecular formula is C15H26N2O3. The molecule has 0 spiro atoms. The molecule has 2 unspecified atom stereocenters. The molecule has 2 saturated heterocycles. The minimum atomic E-state index is -1.04. The van der Waals surface area contributed by atoms with Crippen molar-refractivity contribution in [2.45, 2.75) is 69.9 Å². The zero-order valence-electron chi connectivity index (χ0n) is 12.6. The van der Waals surface area contributed by atoms with Gasteiger partial charge in [0.05, 0.1) is 5.54 Å². The molecule has 0 aliphatic carbocycles. The Kier molecular flexibility index (Phi) is 4.37. The molecule has 0 aromatic heterocycles. The predicted molar refractivity (Wildman–Crippen MR) is 76.5 cm³/mol. The molecule has 2 aliphatic rings. The lowest BCUT2D eigenvalue weighted by atomic mass is 9.83. The summed E-state index contributed by atoms with van der Waals surface area (Å²) in [5, 5.41) is 12.9. The van der Waals surface area contributed by atoms with Crippen molar-refractivity contribution in [3.8, 4) is 0 Å². The van der Waals surface area contributed by atoms with Crippen LogP contribution in [0.2, 0.25) is 0 Å². The van der Waals surface area contributed by atoms with E-state index in [1.54, 1.807) is 11.8 Å². The number of likely N-dealkylation sites (tertiary alicyclic amines) is 1. The number of nitrogens with one attached hydrogen (secondary N) is 1. The van der Waals surface area contributed by atoms with Gasteiger partial charge in [0.1, 0.15) is 5.54 Å². The molecule has 20 heavy (non-hydrogen) atoms. The zero-order valence-corrected chi connectivity index (χ0v) is 12.6. The molecule has 0 saturated carbocycles. The highest BCUT2D eigenvalue weighted by atomic mass is 16.4. The molecule has 5 heteroatoms. The molecule has 0 radical (unpaired) electrons. The zero-order chi connectivity index (χ0) is 14.8. The molecule has 2 rings (SSSR count). The van der Waals surface area contributed by atoms with E-state index in [2.05, 4.69) is 12.2 Å². The van der Waals surface area contributed by atoms with Crippen LogP contribution in [0.1, 0.15) is 58.8 Å². The van der Waals surface area contributed by atoms with Gasteiger partial charge in [0.15, 0.2) is 0 Å². The third-order valence-corrected chi connectivity index (χ3v) is 4.93. The van der Waals surface area contributed by atoms with Gasteiger partial charge < -0.3 is 15.3 Å². The average molecular weight is 282 g/mol. The van der Waals surface area contributed by atoms with Gasteiger partial charge in [0, 0.05) is 6.54 Å². The molecule has 2 aliphatic heterocycles. The Hall–Kier alpha value is -1.10. The minimum absolute atomic E-state index is 0.00134. The van der Waals surface area contributed by atoms with Crippen LogP contribution in [0.25, 0.3) is 0 Å². The molecule has 1 amide bonds. The van der Waals surface area contributed by atoms with Gasteiger partial charge in [-0.15, -0.1) is 0 Å². The molecular weight excluding hydrogens is 256 g/mol. The molecule has 0 aromatic carbocycles. The molecule has 0 aromatic rings.